The summed E-state index contributed by atoms with van der Waals surface area (Å²) in [6.45, 7) is 3.91. The van der Waals surface area contributed by atoms with Gasteiger partial charge in [-0.05, 0) is 26.0 Å². The number of nitrogens with zero attached hydrogens (tertiary/aromatic N) is 1. The van der Waals surface area contributed by atoms with Gasteiger partial charge in [-0.25, -0.2) is 4.79 Å². The van der Waals surface area contributed by atoms with Gasteiger partial charge in [0, 0.05) is 11.8 Å². The van der Waals surface area contributed by atoms with Crippen molar-refractivity contribution in [2.75, 3.05) is 13.7 Å². The maximum absolute atomic E-state index is 11.2. The van der Waals surface area contributed by atoms with E-state index in [2.05, 4.69) is 9.73 Å². The number of aromatic hydroxyl groups is 1. The highest BCUT2D eigenvalue weighted by molar-refractivity contribution is 5.87. The molecule has 0 heterocycles. The zero-order valence-corrected chi connectivity index (χ0v) is 10.7. The predicted octanol–water partition coefficient (Wildman–Crippen LogP) is 1.77. The van der Waals surface area contributed by atoms with E-state index in [1.54, 1.807) is 25.1 Å². The standard InChI is InChI=1S/C13H17NO4/c1-4-18-11-7-5-6-10(12(11)15)8-14-9(2)13(16)17-3/h5-9,15H,4H2,1-3H3/t9-/m0/s1. The summed E-state index contributed by atoms with van der Waals surface area (Å²) in [5.41, 5.74) is 0.497. The van der Waals surface area contributed by atoms with E-state index in [9.17, 15) is 9.90 Å². The molecule has 0 fully saturated rings. The highest BCUT2D eigenvalue weighted by Gasteiger charge is 2.11. The number of esters is 1. The number of benzene rings is 1. The summed E-state index contributed by atoms with van der Waals surface area (Å²) in [5, 5.41) is 9.90. The first-order valence-electron chi connectivity index (χ1n) is 5.66. The summed E-state index contributed by atoms with van der Waals surface area (Å²) in [5.74, 6) is -0.0148. The molecular formula is C13H17NO4. The Balaban J connectivity index is 2.87. The molecule has 5 heteroatoms. The molecule has 0 aliphatic rings. The number of ether oxygens (including phenoxy) is 2. The summed E-state index contributed by atoms with van der Waals surface area (Å²) >= 11 is 0. The maximum atomic E-state index is 11.2. The Morgan fingerprint density at radius 1 is 1.56 bits per heavy atom. The molecule has 0 spiro atoms. The van der Waals surface area contributed by atoms with E-state index in [4.69, 9.17) is 4.74 Å². The fourth-order valence-electron chi connectivity index (χ4n) is 1.34. The smallest absolute Gasteiger partial charge is 0.330 e. The first kappa shape index (κ1) is 14.0. The molecule has 18 heavy (non-hydrogen) atoms. The van der Waals surface area contributed by atoms with Crippen molar-refractivity contribution in [3.63, 3.8) is 0 Å². The summed E-state index contributed by atoms with van der Waals surface area (Å²) in [6, 6.07) is 4.49. The molecule has 0 aliphatic heterocycles. The zero-order valence-electron chi connectivity index (χ0n) is 10.7. The van der Waals surface area contributed by atoms with Gasteiger partial charge in [0.15, 0.2) is 11.5 Å². The van der Waals surface area contributed by atoms with Gasteiger partial charge in [0.2, 0.25) is 0 Å². The number of phenols is 1. The third kappa shape index (κ3) is 3.48. The molecular weight excluding hydrogens is 234 g/mol. The Morgan fingerprint density at radius 3 is 2.89 bits per heavy atom. The van der Waals surface area contributed by atoms with Crippen molar-refractivity contribution < 1.29 is 19.4 Å². The molecule has 5 nitrogen and oxygen atoms in total. The number of hydrogen-bond donors (Lipinski definition) is 1. The van der Waals surface area contributed by atoms with E-state index in [0.29, 0.717) is 17.9 Å². The minimum absolute atomic E-state index is 0.0140. The lowest BCUT2D eigenvalue weighted by atomic mass is 10.2. The van der Waals surface area contributed by atoms with Crippen molar-refractivity contribution in [2.45, 2.75) is 19.9 Å². The Bertz CT molecular complexity index is 443. The fourth-order valence-corrected chi connectivity index (χ4v) is 1.34. The van der Waals surface area contributed by atoms with Crippen LogP contribution in [0.5, 0.6) is 11.5 Å². The topological polar surface area (TPSA) is 68.1 Å². The van der Waals surface area contributed by atoms with E-state index in [1.165, 1.54) is 13.3 Å². The van der Waals surface area contributed by atoms with Crippen molar-refractivity contribution in [3.05, 3.63) is 23.8 Å². The number of methoxy groups -OCH3 is 1. The number of carbonyl (C=O) groups is 1. The summed E-state index contributed by atoms with van der Waals surface area (Å²) in [4.78, 5) is 15.2. The number of aliphatic imine (C=N–C) groups is 1. The zero-order chi connectivity index (χ0) is 13.5. The maximum Gasteiger partial charge on any atom is 0.330 e. The number of rotatable bonds is 5. The Kier molecular flexibility index (Phi) is 5.17. The third-order valence-corrected chi connectivity index (χ3v) is 2.31. The number of phenolic OH excluding ortho intramolecular Hbond substituents is 1. The average Bonchev–Trinajstić information content (AvgIpc) is 2.38. The van der Waals surface area contributed by atoms with Crippen molar-refractivity contribution in [1.29, 1.82) is 0 Å². The van der Waals surface area contributed by atoms with Gasteiger partial charge in [0.05, 0.1) is 13.7 Å². The molecule has 1 aromatic carbocycles. The van der Waals surface area contributed by atoms with Gasteiger partial charge < -0.3 is 14.6 Å². The van der Waals surface area contributed by atoms with E-state index in [0.717, 1.165) is 0 Å². The van der Waals surface area contributed by atoms with Crippen LogP contribution in [-0.4, -0.2) is 37.0 Å². The fraction of sp³-hybridized carbons (Fsp3) is 0.385. The van der Waals surface area contributed by atoms with Gasteiger partial charge in [-0.2, -0.15) is 0 Å². The molecule has 0 aromatic heterocycles. The third-order valence-electron chi connectivity index (χ3n) is 2.31. The van der Waals surface area contributed by atoms with Crippen LogP contribution in [0.3, 0.4) is 0 Å². The minimum Gasteiger partial charge on any atom is -0.504 e. The second kappa shape index (κ2) is 6.64. The lowest BCUT2D eigenvalue weighted by Gasteiger charge is -2.08. The van der Waals surface area contributed by atoms with Crippen LogP contribution < -0.4 is 4.74 Å². The molecule has 0 radical (unpaired) electrons. The van der Waals surface area contributed by atoms with Crippen LogP contribution in [0.4, 0.5) is 0 Å². The minimum atomic E-state index is -0.606. The van der Waals surface area contributed by atoms with Gasteiger partial charge in [-0.3, -0.25) is 4.99 Å². The predicted molar refractivity (Wildman–Crippen MR) is 68.3 cm³/mol. The van der Waals surface area contributed by atoms with Gasteiger partial charge in [0.1, 0.15) is 6.04 Å². The molecule has 98 valence electrons. The van der Waals surface area contributed by atoms with Crippen LogP contribution in [-0.2, 0) is 9.53 Å². The van der Waals surface area contributed by atoms with Crippen LogP contribution in [0.25, 0.3) is 0 Å². The summed E-state index contributed by atoms with van der Waals surface area (Å²) < 4.78 is 9.80. The van der Waals surface area contributed by atoms with E-state index >= 15 is 0 Å². The Labute approximate surface area is 106 Å². The molecule has 1 aromatic rings. The molecule has 1 N–H and O–H groups in total. The van der Waals surface area contributed by atoms with Crippen LogP contribution in [0.2, 0.25) is 0 Å². The molecule has 0 aliphatic carbocycles. The highest BCUT2D eigenvalue weighted by atomic mass is 16.5. The average molecular weight is 251 g/mol. The van der Waals surface area contributed by atoms with Gasteiger partial charge >= 0.3 is 5.97 Å². The second-order valence-electron chi connectivity index (χ2n) is 3.60. The van der Waals surface area contributed by atoms with Crippen LogP contribution in [0.15, 0.2) is 23.2 Å². The van der Waals surface area contributed by atoms with Crippen molar-refractivity contribution in [2.24, 2.45) is 4.99 Å². The van der Waals surface area contributed by atoms with Gasteiger partial charge in [0.25, 0.3) is 0 Å². The Morgan fingerprint density at radius 2 is 2.28 bits per heavy atom. The van der Waals surface area contributed by atoms with Crippen LogP contribution in [0.1, 0.15) is 19.4 Å². The van der Waals surface area contributed by atoms with Crippen LogP contribution in [0, 0.1) is 0 Å². The van der Waals surface area contributed by atoms with Crippen molar-refractivity contribution in [1.82, 2.24) is 0 Å². The van der Waals surface area contributed by atoms with E-state index in [1.807, 2.05) is 6.92 Å². The second-order valence-corrected chi connectivity index (χ2v) is 3.60. The molecule has 0 amide bonds. The number of para-hydroxylation sites is 1. The van der Waals surface area contributed by atoms with Crippen LogP contribution >= 0.6 is 0 Å². The quantitative estimate of drug-likeness (QED) is 0.639. The largest absolute Gasteiger partial charge is 0.504 e. The first-order valence-corrected chi connectivity index (χ1v) is 5.66. The van der Waals surface area contributed by atoms with Gasteiger partial charge in [-0.15, -0.1) is 0 Å². The Hall–Kier alpha value is -2.04. The van der Waals surface area contributed by atoms with E-state index in [-0.39, 0.29) is 5.75 Å². The van der Waals surface area contributed by atoms with Crippen molar-refractivity contribution in [3.8, 4) is 11.5 Å². The van der Waals surface area contributed by atoms with Gasteiger partial charge in [-0.1, -0.05) is 6.07 Å². The molecule has 0 saturated carbocycles. The highest BCUT2D eigenvalue weighted by Crippen LogP contribution is 2.28. The van der Waals surface area contributed by atoms with Crippen molar-refractivity contribution >= 4 is 12.2 Å². The monoisotopic (exact) mass is 251 g/mol. The number of carbonyl (C=O) groups excluding carboxylic acids is 1. The molecule has 1 atom stereocenters. The summed E-state index contributed by atoms with van der Waals surface area (Å²) in [7, 11) is 1.31. The summed E-state index contributed by atoms with van der Waals surface area (Å²) in [6.07, 6.45) is 1.43. The molecule has 1 rings (SSSR count). The molecule has 0 bridgehead atoms. The van der Waals surface area contributed by atoms with E-state index < -0.39 is 12.0 Å². The first-order chi connectivity index (χ1) is 8.60. The SMILES string of the molecule is CCOc1cccc(C=N[C@@H](C)C(=O)OC)c1O. The molecule has 0 saturated heterocycles. The molecule has 0 unspecified atom stereocenters. The lowest BCUT2D eigenvalue weighted by molar-refractivity contribution is -0.141. The number of hydrogen-bond acceptors (Lipinski definition) is 5. The normalized spacial score (nSPS) is 12.4. The lowest BCUT2D eigenvalue weighted by Crippen LogP contribution is -2.16.